The molecule has 0 aromatic heterocycles. The average molecular weight is 268 g/mol. The van der Waals surface area contributed by atoms with Crippen molar-refractivity contribution in [2.45, 2.75) is 65.9 Å². The summed E-state index contributed by atoms with van der Waals surface area (Å²) in [5.74, 6) is 0.841. The summed E-state index contributed by atoms with van der Waals surface area (Å²) in [4.78, 5) is 11.3. The summed E-state index contributed by atoms with van der Waals surface area (Å²) in [6, 6.07) is 0. The van der Waals surface area contributed by atoms with Gasteiger partial charge < -0.3 is 9.84 Å². The first kappa shape index (κ1) is 14.8. The predicted octanol–water partition coefficient (Wildman–Crippen LogP) is 3.15. The highest BCUT2D eigenvalue weighted by Gasteiger charge is 2.56. The van der Waals surface area contributed by atoms with Crippen LogP contribution in [0, 0.1) is 22.7 Å². The van der Waals surface area contributed by atoms with E-state index in [4.69, 9.17) is 4.74 Å². The molecule has 3 nitrogen and oxygen atoms in total. The van der Waals surface area contributed by atoms with Gasteiger partial charge >= 0.3 is 5.97 Å². The van der Waals surface area contributed by atoms with Crippen LogP contribution in [0.1, 0.15) is 59.8 Å². The second-order valence-corrected chi connectivity index (χ2v) is 7.43. The van der Waals surface area contributed by atoms with Crippen LogP contribution in [0.15, 0.2) is 0 Å². The molecular formula is C16H28O3. The fourth-order valence-corrected chi connectivity index (χ4v) is 4.87. The minimum atomic E-state index is -0.154. The van der Waals surface area contributed by atoms with Crippen molar-refractivity contribution < 1.29 is 14.6 Å². The minimum Gasteiger partial charge on any atom is -0.462 e. The van der Waals surface area contributed by atoms with E-state index in [0.717, 1.165) is 25.7 Å². The van der Waals surface area contributed by atoms with Gasteiger partial charge in [-0.25, -0.2) is 0 Å². The molecule has 4 unspecified atom stereocenters. The fraction of sp³-hybridized carbons (Fsp3) is 0.938. The summed E-state index contributed by atoms with van der Waals surface area (Å²) in [6.07, 6.45) is 5.70. The second kappa shape index (κ2) is 5.08. The zero-order valence-electron chi connectivity index (χ0n) is 12.7. The number of hydrogen-bond donors (Lipinski definition) is 1. The maximum absolute atomic E-state index is 11.3. The zero-order valence-corrected chi connectivity index (χ0v) is 12.7. The van der Waals surface area contributed by atoms with E-state index in [9.17, 15) is 9.90 Å². The Hall–Kier alpha value is -0.570. The number of aliphatic hydroxyl groups is 1. The van der Waals surface area contributed by atoms with Crippen LogP contribution in [0.25, 0.3) is 0 Å². The Morgan fingerprint density at radius 3 is 2.63 bits per heavy atom. The van der Waals surface area contributed by atoms with Crippen molar-refractivity contribution >= 4 is 5.97 Å². The van der Waals surface area contributed by atoms with E-state index < -0.39 is 0 Å². The summed E-state index contributed by atoms with van der Waals surface area (Å²) in [7, 11) is 0. The van der Waals surface area contributed by atoms with Crippen LogP contribution in [-0.2, 0) is 9.53 Å². The molecule has 0 amide bonds. The second-order valence-electron chi connectivity index (χ2n) is 7.43. The van der Waals surface area contributed by atoms with Gasteiger partial charge in [-0.05, 0) is 48.9 Å². The van der Waals surface area contributed by atoms with E-state index in [2.05, 4.69) is 20.8 Å². The highest BCUT2D eigenvalue weighted by molar-refractivity contribution is 5.66. The van der Waals surface area contributed by atoms with E-state index in [1.165, 1.54) is 13.3 Å². The molecule has 1 N–H and O–H groups in total. The highest BCUT2D eigenvalue weighted by atomic mass is 16.5. The molecule has 2 aliphatic carbocycles. The van der Waals surface area contributed by atoms with E-state index >= 15 is 0 Å². The molecule has 3 heteroatoms. The third kappa shape index (κ3) is 2.54. The van der Waals surface area contributed by atoms with E-state index in [1.807, 2.05) is 0 Å². The summed E-state index contributed by atoms with van der Waals surface area (Å²) in [5, 5.41) is 9.69. The Kier molecular flexibility index (Phi) is 3.97. The van der Waals surface area contributed by atoms with E-state index in [-0.39, 0.29) is 29.5 Å². The van der Waals surface area contributed by atoms with Crippen LogP contribution in [-0.4, -0.2) is 23.8 Å². The first-order chi connectivity index (χ1) is 8.81. The van der Waals surface area contributed by atoms with Crippen LogP contribution >= 0.6 is 0 Å². The molecule has 0 bridgehead atoms. The lowest BCUT2D eigenvalue weighted by molar-refractivity contribution is -0.156. The number of hydrogen-bond acceptors (Lipinski definition) is 3. The Morgan fingerprint density at radius 2 is 2.05 bits per heavy atom. The quantitative estimate of drug-likeness (QED) is 0.800. The molecular weight excluding hydrogens is 240 g/mol. The highest BCUT2D eigenvalue weighted by Crippen LogP contribution is 2.60. The first-order valence-electron chi connectivity index (χ1n) is 7.59. The molecule has 0 saturated heterocycles. The van der Waals surface area contributed by atoms with Crippen molar-refractivity contribution in [1.82, 2.24) is 0 Å². The third-order valence-corrected chi connectivity index (χ3v) is 5.73. The molecule has 0 spiro atoms. The summed E-state index contributed by atoms with van der Waals surface area (Å²) < 4.78 is 5.56. The van der Waals surface area contributed by atoms with Crippen LogP contribution in [0.5, 0.6) is 0 Å². The molecule has 4 atom stereocenters. The molecule has 0 radical (unpaired) electrons. The Balaban J connectivity index is 2.21. The smallest absolute Gasteiger partial charge is 0.302 e. The van der Waals surface area contributed by atoms with E-state index in [0.29, 0.717) is 11.8 Å². The Labute approximate surface area is 116 Å². The fourth-order valence-electron chi connectivity index (χ4n) is 4.87. The number of esters is 1. The van der Waals surface area contributed by atoms with Gasteiger partial charge in [-0.3, -0.25) is 4.79 Å². The average Bonchev–Trinajstić information content (AvgIpc) is 2.67. The van der Waals surface area contributed by atoms with Gasteiger partial charge in [0.15, 0.2) is 0 Å². The molecule has 0 aromatic rings. The molecule has 0 aliphatic heterocycles. The molecule has 0 heterocycles. The van der Waals surface area contributed by atoms with Gasteiger partial charge in [0, 0.05) is 19.4 Å². The summed E-state index contributed by atoms with van der Waals surface area (Å²) >= 11 is 0. The monoisotopic (exact) mass is 268 g/mol. The lowest BCUT2D eigenvalue weighted by Gasteiger charge is -2.48. The van der Waals surface area contributed by atoms with Crippen LogP contribution in [0.4, 0.5) is 0 Å². The standard InChI is InChI=1S/C16H28O3/c1-11(18)19-13-6-5-9-16(4)12(13)7-8-14(16)15(2,3)10-17/h12-14,17H,5-10H2,1-4H3. The van der Waals surface area contributed by atoms with Crippen LogP contribution in [0.3, 0.4) is 0 Å². The maximum atomic E-state index is 11.3. The first-order valence-corrected chi connectivity index (χ1v) is 7.59. The van der Waals surface area contributed by atoms with Crippen molar-refractivity contribution in [1.29, 1.82) is 0 Å². The van der Waals surface area contributed by atoms with Gasteiger partial charge in [-0.1, -0.05) is 20.8 Å². The molecule has 19 heavy (non-hydrogen) atoms. The topological polar surface area (TPSA) is 46.5 Å². The number of carbonyl (C=O) groups is 1. The number of rotatable bonds is 3. The van der Waals surface area contributed by atoms with Gasteiger partial charge in [0.2, 0.25) is 0 Å². The maximum Gasteiger partial charge on any atom is 0.302 e. The summed E-state index contributed by atoms with van der Waals surface area (Å²) in [6.45, 7) is 8.43. The van der Waals surface area contributed by atoms with Gasteiger partial charge in [-0.15, -0.1) is 0 Å². The van der Waals surface area contributed by atoms with Gasteiger partial charge in [0.05, 0.1) is 0 Å². The molecule has 2 aliphatic rings. The largest absolute Gasteiger partial charge is 0.462 e. The Bertz CT molecular complexity index is 350. The van der Waals surface area contributed by atoms with Crippen molar-refractivity contribution in [2.24, 2.45) is 22.7 Å². The molecule has 0 aromatic carbocycles. The minimum absolute atomic E-state index is 0.0401. The van der Waals surface area contributed by atoms with Crippen LogP contribution in [0.2, 0.25) is 0 Å². The predicted molar refractivity (Wildman–Crippen MR) is 74.6 cm³/mol. The lowest BCUT2D eigenvalue weighted by atomic mass is 9.58. The van der Waals surface area contributed by atoms with Crippen molar-refractivity contribution in [2.75, 3.05) is 6.61 Å². The van der Waals surface area contributed by atoms with E-state index in [1.54, 1.807) is 0 Å². The number of ether oxygens (including phenoxy) is 1. The van der Waals surface area contributed by atoms with Gasteiger partial charge in [0.25, 0.3) is 0 Å². The van der Waals surface area contributed by atoms with Crippen molar-refractivity contribution in [3.05, 3.63) is 0 Å². The Morgan fingerprint density at radius 1 is 1.37 bits per heavy atom. The third-order valence-electron chi connectivity index (χ3n) is 5.73. The summed E-state index contributed by atoms with van der Waals surface area (Å²) in [5.41, 5.74) is 0.173. The SMILES string of the molecule is CC(=O)OC1CCCC2(C)C1CCC2C(C)(C)CO. The van der Waals surface area contributed by atoms with Crippen LogP contribution < -0.4 is 0 Å². The van der Waals surface area contributed by atoms with Crippen molar-refractivity contribution in [3.8, 4) is 0 Å². The van der Waals surface area contributed by atoms with Gasteiger partial charge in [0.1, 0.15) is 6.10 Å². The van der Waals surface area contributed by atoms with Gasteiger partial charge in [-0.2, -0.15) is 0 Å². The molecule has 2 rings (SSSR count). The number of carbonyl (C=O) groups excluding carboxylic acids is 1. The number of fused-ring (bicyclic) bond motifs is 1. The molecule has 110 valence electrons. The van der Waals surface area contributed by atoms with Crippen molar-refractivity contribution in [3.63, 3.8) is 0 Å². The normalized spacial score (nSPS) is 38.9. The molecule has 2 saturated carbocycles. The zero-order chi connectivity index (χ0) is 14.3. The lowest BCUT2D eigenvalue weighted by Crippen LogP contribution is -2.46. The molecule has 2 fully saturated rings. The number of aliphatic hydroxyl groups excluding tert-OH is 1.